The molecule has 0 aliphatic carbocycles. The summed E-state index contributed by atoms with van der Waals surface area (Å²) in [5.74, 6) is 0.258. The highest BCUT2D eigenvalue weighted by Gasteiger charge is 2.31. The molecule has 1 unspecified atom stereocenters. The maximum absolute atomic E-state index is 10.5. The van der Waals surface area contributed by atoms with Crippen LogP contribution in [0.1, 0.15) is 20.3 Å². The predicted molar refractivity (Wildman–Crippen MR) is 40.8 cm³/mol. The van der Waals surface area contributed by atoms with Crippen LogP contribution in [0.2, 0.25) is 0 Å². The average molecular weight is 141 g/mol. The van der Waals surface area contributed by atoms with Crippen molar-refractivity contribution in [1.82, 2.24) is 5.32 Å². The van der Waals surface area contributed by atoms with Crippen molar-refractivity contribution in [3.63, 3.8) is 0 Å². The molecule has 1 saturated heterocycles. The lowest BCUT2D eigenvalue weighted by Gasteiger charge is -2.35. The number of carbonyl (C=O) groups excluding carboxylic acids is 1. The molecule has 0 saturated carbocycles. The number of hydrogen-bond donors (Lipinski definition) is 1. The number of piperidine rings is 1. The van der Waals surface area contributed by atoms with Crippen LogP contribution in [0.15, 0.2) is 0 Å². The van der Waals surface area contributed by atoms with Gasteiger partial charge in [-0.1, -0.05) is 13.8 Å². The fourth-order valence-corrected chi connectivity index (χ4v) is 1.44. The van der Waals surface area contributed by atoms with Gasteiger partial charge in [0.05, 0.1) is 0 Å². The van der Waals surface area contributed by atoms with Gasteiger partial charge >= 0.3 is 0 Å². The Kier molecular flexibility index (Phi) is 2.09. The molecule has 1 fully saturated rings. The smallest absolute Gasteiger partial charge is 0.123 e. The first-order valence-corrected chi connectivity index (χ1v) is 3.83. The highest BCUT2D eigenvalue weighted by molar-refractivity contribution is 5.55. The van der Waals surface area contributed by atoms with E-state index in [2.05, 4.69) is 19.2 Å². The van der Waals surface area contributed by atoms with Gasteiger partial charge in [-0.25, -0.2) is 0 Å². The van der Waals surface area contributed by atoms with Gasteiger partial charge in [0.1, 0.15) is 6.29 Å². The van der Waals surface area contributed by atoms with Crippen molar-refractivity contribution >= 4 is 6.29 Å². The molecule has 2 heteroatoms. The summed E-state index contributed by atoms with van der Waals surface area (Å²) in [5, 5.41) is 3.28. The first-order valence-electron chi connectivity index (χ1n) is 3.83. The maximum atomic E-state index is 10.5. The fraction of sp³-hybridized carbons (Fsp3) is 0.875. The lowest BCUT2D eigenvalue weighted by molar-refractivity contribution is -0.115. The second-order valence-electron chi connectivity index (χ2n) is 3.70. The van der Waals surface area contributed by atoms with Crippen LogP contribution in [-0.2, 0) is 4.79 Å². The molecule has 0 aromatic carbocycles. The number of hydrogen-bond acceptors (Lipinski definition) is 2. The molecular weight excluding hydrogens is 126 g/mol. The van der Waals surface area contributed by atoms with Gasteiger partial charge < -0.3 is 10.1 Å². The summed E-state index contributed by atoms with van der Waals surface area (Å²) in [6.07, 6.45) is 2.09. The van der Waals surface area contributed by atoms with Crippen LogP contribution in [-0.4, -0.2) is 19.4 Å². The molecule has 0 amide bonds. The normalized spacial score (nSPS) is 31.6. The van der Waals surface area contributed by atoms with Gasteiger partial charge in [0.15, 0.2) is 0 Å². The Morgan fingerprint density at radius 3 is 2.70 bits per heavy atom. The lowest BCUT2D eigenvalue weighted by Crippen LogP contribution is -2.43. The zero-order valence-corrected chi connectivity index (χ0v) is 6.68. The molecule has 1 aliphatic heterocycles. The van der Waals surface area contributed by atoms with E-state index in [4.69, 9.17) is 0 Å². The Morgan fingerprint density at radius 2 is 2.30 bits per heavy atom. The third-order valence-electron chi connectivity index (χ3n) is 2.38. The van der Waals surface area contributed by atoms with E-state index in [-0.39, 0.29) is 11.3 Å². The van der Waals surface area contributed by atoms with E-state index in [0.29, 0.717) is 0 Å². The Balaban J connectivity index is 2.59. The molecule has 1 rings (SSSR count). The van der Waals surface area contributed by atoms with Gasteiger partial charge in [0, 0.05) is 12.5 Å². The fourth-order valence-electron chi connectivity index (χ4n) is 1.44. The van der Waals surface area contributed by atoms with Crippen molar-refractivity contribution in [3.8, 4) is 0 Å². The van der Waals surface area contributed by atoms with Crippen LogP contribution in [0, 0.1) is 11.3 Å². The summed E-state index contributed by atoms with van der Waals surface area (Å²) in [6, 6.07) is 0. The second-order valence-corrected chi connectivity index (χ2v) is 3.70. The molecule has 1 heterocycles. The first-order chi connectivity index (χ1) is 4.67. The van der Waals surface area contributed by atoms with Crippen LogP contribution < -0.4 is 5.32 Å². The van der Waals surface area contributed by atoms with Crippen LogP contribution in [0.5, 0.6) is 0 Å². The van der Waals surface area contributed by atoms with E-state index >= 15 is 0 Å². The van der Waals surface area contributed by atoms with Gasteiger partial charge in [-0.3, -0.25) is 0 Å². The van der Waals surface area contributed by atoms with Crippen LogP contribution >= 0.6 is 0 Å². The molecule has 0 radical (unpaired) electrons. The minimum absolute atomic E-state index is 0.167. The number of carbonyl (C=O) groups is 1. The van der Waals surface area contributed by atoms with Gasteiger partial charge in [-0.05, 0) is 18.4 Å². The Bertz CT molecular complexity index is 131. The summed E-state index contributed by atoms with van der Waals surface area (Å²) in [5.41, 5.74) is 0.167. The van der Waals surface area contributed by atoms with E-state index in [1.165, 1.54) is 0 Å². The highest BCUT2D eigenvalue weighted by Crippen LogP contribution is 2.29. The quantitative estimate of drug-likeness (QED) is 0.548. The molecule has 2 nitrogen and oxygen atoms in total. The number of aldehydes is 1. The second kappa shape index (κ2) is 2.70. The largest absolute Gasteiger partial charge is 0.316 e. The third kappa shape index (κ3) is 1.37. The molecule has 0 bridgehead atoms. The van der Waals surface area contributed by atoms with Crippen molar-refractivity contribution in [2.24, 2.45) is 11.3 Å². The summed E-state index contributed by atoms with van der Waals surface area (Å²) >= 11 is 0. The Morgan fingerprint density at radius 1 is 1.60 bits per heavy atom. The van der Waals surface area contributed by atoms with Crippen molar-refractivity contribution in [2.75, 3.05) is 13.1 Å². The first kappa shape index (κ1) is 7.73. The summed E-state index contributed by atoms with van der Waals surface area (Å²) in [4.78, 5) is 10.5. The topological polar surface area (TPSA) is 29.1 Å². The summed E-state index contributed by atoms with van der Waals surface area (Å²) < 4.78 is 0. The van der Waals surface area contributed by atoms with Crippen molar-refractivity contribution in [3.05, 3.63) is 0 Å². The van der Waals surface area contributed by atoms with Crippen molar-refractivity contribution in [2.45, 2.75) is 20.3 Å². The van der Waals surface area contributed by atoms with Crippen LogP contribution in [0.3, 0.4) is 0 Å². The summed E-state index contributed by atoms with van der Waals surface area (Å²) in [6.45, 7) is 6.24. The Hall–Kier alpha value is -0.370. The van der Waals surface area contributed by atoms with E-state index in [1.807, 2.05) is 0 Å². The maximum Gasteiger partial charge on any atom is 0.123 e. The van der Waals surface area contributed by atoms with Gasteiger partial charge in [-0.15, -0.1) is 0 Å². The molecule has 10 heavy (non-hydrogen) atoms. The SMILES string of the molecule is CC1(C)CNCCC1C=O. The molecular formula is C8H15NO. The van der Waals surface area contributed by atoms with E-state index < -0.39 is 0 Å². The molecule has 0 aromatic rings. The van der Waals surface area contributed by atoms with Crippen molar-refractivity contribution in [1.29, 1.82) is 0 Å². The highest BCUT2D eigenvalue weighted by atomic mass is 16.1. The lowest BCUT2D eigenvalue weighted by atomic mass is 9.75. The number of nitrogens with one attached hydrogen (secondary N) is 1. The molecule has 1 aliphatic rings. The van der Waals surface area contributed by atoms with Gasteiger partial charge in [0.2, 0.25) is 0 Å². The minimum atomic E-state index is 0.167. The molecule has 0 aromatic heterocycles. The zero-order valence-electron chi connectivity index (χ0n) is 6.68. The standard InChI is InChI=1S/C8H15NO/c1-8(2)6-9-4-3-7(8)5-10/h5,7,9H,3-4,6H2,1-2H3. The molecule has 1 N–H and O–H groups in total. The van der Waals surface area contributed by atoms with Crippen LogP contribution in [0.4, 0.5) is 0 Å². The molecule has 1 atom stereocenters. The van der Waals surface area contributed by atoms with E-state index in [0.717, 1.165) is 25.8 Å². The van der Waals surface area contributed by atoms with Gasteiger partial charge in [0.25, 0.3) is 0 Å². The van der Waals surface area contributed by atoms with Gasteiger partial charge in [-0.2, -0.15) is 0 Å². The minimum Gasteiger partial charge on any atom is -0.316 e. The molecule has 58 valence electrons. The zero-order chi connectivity index (χ0) is 7.61. The third-order valence-corrected chi connectivity index (χ3v) is 2.38. The summed E-state index contributed by atoms with van der Waals surface area (Å²) in [7, 11) is 0. The molecule has 0 spiro atoms. The van der Waals surface area contributed by atoms with E-state index in [1.54, 1.807) is 0 Å². The van der Waals surface area contributed by atoms with Crippen LogP contribution in [0.25, 0.3) is 0 Å². The predicted octanol–water partition coefficient (Wildman–Crippen LogP) is 0.821. The van der Waals surface area contributed by atoms with E-state index in [9.17, 15) is 4.79 Å². The average Bonchev–Trinajstić information content (AvgIpc) is 1.87. The Labute approximate surface area is 62.0 Å². The van der Waals surface area contributed by atoms with Crippen molar-refractivity contribution < 1.29 is 4.79 Å². The monoisotopic (exact) mass is 141 g/mol. The number of rotatable bonds is 1.